The predicted molar refractivity (Wildman–Crippen MR) is 564 cm³/mol. The van der Waals surface area contributed by atoms with Gasteiger partial charge in [0.05, 0.1) is 145 Å². The van der Waals surface area contributed by atoms with Gasteiger partial charge in [0.1, 0.15) is 12.1 Å². The normalized spacial score (nSPS) is 11.4. The molecule has 0 spiro atoms. The first-order valence-electron chi connectivity index (χ1n) is 44.7. The Labute approximate surface area is 926 Å². The zero-order valence-electron chi connectivity index (χ0n) is 91.3. The number of carbonyl (C=O) groups is 13. The number of benzene rings is 1. The Morgan fingerprint density at radius 2 is 0.849 bits per heavy atom. The molecule has 146 heavy (non-hydrogen) atoms. The van der Waals surface area contributed by atoms with E-state index >= 15 is 0 Å². The van der Waals surface area contributed by atoms with E-state index in [9.17, 15) is 71.1 Å². The Balaban J connectivity index is -0.000000136. The molecule has 3 atom stereocenters. The number of rotatable bonds is 38. The number of aryl methyl sites for hydroxylation is 1. The van der Waals surface area contributed by atoms with Crippen molar-refractivity contribution < 1.29 is 185 Å². The van der Waals surface area contributed by atoms with Gasteiger partial charge in [-0.15, -0.1) is 64.2 Å². The van der Waals surface area contributed by atoms with Crippen LogP contribution >= 0.6 is 67.8 Å². The van der Waals surface area contributed by atoms with Crippen molar-refractivity contribution in [2.24, 2.45) is 43.8 Å². The van der Waals surface area contributed by atoms with Crippen LogP contribution in [0.15, 0.2) is 149 Å². The Kier molecular flexibility index (Phi) is 89.4. The molecule has 47 heteroatoms. The number of hydrogen-bond donors (Lipinski definition) is 6. The fourth-order valence-corrected chi connectivity index (χ4v) is 9.32. The van der Waals surface area contributed by atoms with Gasteiger partial charge in [-0.1, -0.05) is 122 Å². The van der Waals surface area contributed by atoms with Crippen molar-refractivity contribution in [3.05, 3.63) is 184 Å². The molecule has 3 aromatic heterocycles. The van der Waals surface area contributed by atoms with Gasteiger partial charge in [-0.3, -0.25) is 56.9 Å². The van der Waals surface area contributed by atoms with Gasteiger partial charge in [0.15, 0.2) is 28.9 Å². The number of ether oxygens (including phenoxy) is 7. The molecule has 3 heterocycles. The number of aliphatic carboxylic acids is 1. The number of carboxylic acids is 1. The number of nitrogens with zero attached hydrogens (tertiary/aromatic N) is 3. The predicted octanol–water partition coefficient (Wildman–Crippen LogP) is 20.0. The van der Waals surface area contributed by atoms with E-state index in [1.807, 2.05) is 68.4 Å². The van der Waals surface area contributed by atoms with E-state index in [1.54, 1.807) is 196 Å². The van der Waals surface area contributed by atoms with Crippen LogP contribution in [0.25, 0.3) is 0 Å². The number of halogens is 6. The third kappa shape index (κ3) is 72.9. The van der Waals surface area contributed by atoms with Gasteiger partial charge in [-0.25, -0.2) is 24.5 Å². The summed E-state index contributed by atoms with van der Waals surface area (Å²) in [5.41, 5.74) is -1.02. The maximum absolute atomic E-state index is 12.2. The second-order valence-electron chi connectivity index (χ2n) is 35.2. The van der Waals surface area contributed by atoms with Crippen molar-refractivity contribution in [2.45, 2.75) is 273 Å². The van der Waals surface area contributed by atoms with Crippen LogP contribution in [-0.2, 0) is 149 Å². The molecular weight excluding hydrogens is 2330 g/mol. The zero-order chi connectivity index (χ0) is 118. The number of aliphatic hydroxyl groups excluding tert-OH is 2. The largest absolute Gasteiger partial charge is 0 e. The number of Topliss-reactive ketones (excluding diaryl/α,β-unsaturated/α-hetero) is 2. The third-order valence-corrected chi connectivity index (χ3v) is 21.6. The molecule has 0 aliphatic rings. The number of carboxylic acid groups (broad SMARTS) is 1. The molecule has 1 aromatic carbocycles. The van der Waals surface area contributed by atoms with Crippen LogP contribution in [0, 0.1) is 81.9 Å². The summed E-state index contributed by atoms with van der Waals surface area (Å²) in [4.78, 5) is 162. The topological polar surface area (TPSA) is 545 Å². The third-order valence-electron chi connectivity index (χ3n) is 19.3. The number of nitrogens with one attached hydrogen (secondary N) is 3. The standard InChI is InChI=1S/C15H22O5S.C11H16N2O2.C10H15ClO3.C10H16O3.C9H14N2O.C9H12N2O.C8H16O3.C8H14O2.C6H9ClO.C6H10O2.C6H12O2.CCl2O.BH.Cl2O2S.Mn.2O.U/c1-6-19-14(16)15(4,5)12(3)20-21(17,18)13-9-7-11(2)8-10-13;1-5-11(3,4)9-8(12-7-13-9)10(14)15-6-2;1-5-10(3,4)8(12)7(11)9(13)14-6-2;1-5-10(3,4)8(11)7-9(12)13-6-2;2*1-4-9(2,3)8-7(5-12)10-6-11-8;1-5-11-7(10)8(3,4)6(2)9;1-5-8(3,4)7(9)10-6-2;2*1-4-6(2,3)5(7)8;1-4-8-6(7)5(2)3;2-1(3)4;;1-5(2,3)4;;;;/h7-10,12H,6H2,1-5H3;5,7H,1,6H2,2-4H3,(H,12,13);5,7H,1,6H2,2-4H3;5H,1,6-7H2,2-4H3;4,6,12H,1,5H2,2-3H3,(H,10,11);4-6H,1H2,2-3H3,(H,10,11);6,9H,5H2,1-4H3;5H,1,6H2,2-4H3;4H,1H2,2-3H3;4H,1H2,2-3H3,(H,7,8);5H,4H2,1-3H3;;1H;;;;;/i;;;;;;;;;;;;1D;;;;;. The first-order valence-corrected chi connectivity index (χ1v) is 51.2. The molecule has 6 N–H and O–H groups in total. The minimum Gasteiger partial charge on any atom is 0 e. The van der Waals surface area contributed by atoms with Crippen LogP contribution in [0.5, 0.6) is 0 Å². The van der Waals surface area contributed by atoms with Gasteiger partial charge < -0.3 is 63.4 Å². The van der Waals surface area contributed by atoms with Crippen LogP contribution in [0.3, 0.4) is 0 Å². The van der Waals surface area contributed by atoms with Crippen LogP contribution in [-0.4, -0.2) is 211 Å². The summed E-state index contributed by atoms with van der Waals surface area (Å²) in [5, 5.41) is 24.9. The van der Waals surface area contributed by atoms with Gasteiger partial charge >= 0.3 is 83.2 Å². The molecule has 0 saturated carbocycles. The number of H-pyrrole nitrogens is 3. The van der Waals surface area contributed by atoms with Gasteiger partial charge in [0.2, 0.25) is 5.24 Å². The first-order chi connectivity index (χ1) is 66.5. The molecule has 0 aliphatic heterocycles. The number of esters is 7. The SMILES string of the molecule is C=CC(C)(C)C(=O)C(Cl)C(=O)OCC.C=CC(C)(C)C(=O)CC(=O)OCC.C=CC(C)(C)C(=O)Cl.C=CC(C)(C)C(=O)O.C=CC(C)(C)C(=O)OCC.C=CC(C)(C)c1[nH]cnc1C(=O)OCC.C=CC(C)(C)c1[nH]cnc1C=O.C=CC(C)(C)c1nc[nH]c1CO.CCOC(=O)C(C)(C)C(C)O.CCOC(=O)C(C)(C)C(C)OS(=O)(=O)c1ccc(C)cc1.CCOC(=O)C(C)C.O=C(Cl)Cl.O=S(=O)(Cl)Cl.[2H][B].[O]=[Mn]=[O].[U]. The fraction of sp³-hybridized carbons (Fsp3) is 0.556. The van der Waals surface area contributed by atoms with E-state index in [2.05, 4.69) is 150 Å². The van der Waals surface area contributed by atoms with Crippen LogP contribution in [0.2, 0.25) is 0 Å². The average Bonchev–Trinajstić information content (AvgIpc) is 1.80. The van der Waals surface area contributed by atoms with Crippen molar-refractivity contribution in [1.82, 2.24) is 29.9 Å². The van der Waals surface area contributed by atoms with E-state index in [0.717, 1.165) is 34.6 Å². The average molecular weight is 2490 g/mol. The second kappa shape index (κ2) is 81.5. The van der Waals surface area contributed by atoms with Crippen LogP contribution < -0.4 is 0 Å². The number of allylic oxidation sites excluding steroid dienone is 6. The van der Waals surface area contributed by atoms with E-state index in [4.69, 9.17) is 78.8 Å². The van der Waals surface area contributed by atoms with Gasteiger partial charge in [-0.05, 0) is 214 Å². The number of aldehydes is 1. The van der Waals surface area contributed by atoms with Gasteiger partial charge in [0.25, 0.3) is 10.1 Å². The molecule has 0 amide bonds. The minimum atomic E-state index is -3.92. The summed E-state index contributed by atoms with van der Waals surface area (Å²) in [6.07, 6.45) is 16.6. The number of aromatic nitrogens is 6. The quantitative estimate of drug-likeness (QED) is 0.00279. The Morgan fingerprint density at radius 1 is 0.500 bits per heavy atom. The molecule has 0 fully saturated rings. The molecule has 4 aromatic rings. The molecular formula is C99H157BCl6MnN6O30S2U. The number of carbonyl (C=O) groups excluding carboxylic acids is 12. The Morgan fingerprint density at radius 3 is 1.16 bits per heavy atom. The summed E-state index contributed by atoms with van der Waals surface area (Å²) in [7, 11) is 4.65. The molecule has 0 bridgehead atoms. The number of aromatic amines is 3. The van der Waals surface area contributed by atoms with Crippen molar-refractivity contribution >= 4 is 170 Å². The minimum absolute atomic E-state index is 0. The number of alkyl halides is 1. The summed E-state index contributed by atoms with van der Waals surface area (Å²) < 4.78 is 102. The van der Waals surface area contributed by atoms with Crippen LogP contribution in [0.1, 0.15) is 270 Å². The summed E-state index contributed by atoms with van der Waals surface area (Å²) in [6.45, 7) is 87.0. The van der Waals surface area contributed by atoms with E-state index < -0.39 is 129 Å². The number of hydrogen-bond acceptors (Lipinski definition) is 32. The summed E-state index contributed by atoms with van der Waals surface area (Å²) in [5.74, 6) is -4.14. The van der Waals surface area contributed by atoms with Crippen LogP contribution in [0.4, 0.5) is 4.79 Å². The molecule has 831 valence electrons. The Bertz CT molecular complexity index is 4930. The Hall–Kier alpha value is -8.36. The number of ketones is 2. The molecule has 4 rings (SSSR count). The second-order valence-corrected chi connectivity index (χ2v) is 42.3. The van der Waals surface area contributed by atoms with E-state index in [-0.39, 0.29) is 113 Å². The van der Waals surface area contributed by atoms with Gasteiger partial charge in [0, 0.05) is 87.9 Å². The monoisotopic (exact) mass is 2490 g/mol. The number of imidazole rings is 3. The maximum Gasteiger partial charge on any atom is 0 e. The fourth-order valence-electron chi connectivity index (χ4n) is 7.70. The van der Waals surface area contributed by atoms with Gasteiger partial charge in [-0.2, -0.15) is 16.8 Å². The molecule has 0 saturated heterocycles. The van der Waals surface area contributed by atoms with E-state index in [0.29, 0.717) is 44.4 Å². The maximum atomic E-state index is 12.2. The molecule has 2 radical (unpaired) electrons. The first kappa shape index (κ1) is 160. The van der Waals surface area contributed by atoms with Crippen molar-refractivity contribution in [2.75, 3.05) is 46.2 Å². The molecule has 36 nitrogen and oxygen atoms in total. The molecule has 3 unspecified atom stereocenters. The zero-order valence-corrected chi connectivity index (χ0v) is 102. The van der Waals surface area contributed by atoms with E-state index in [1.165, 1.54) is 49.1 Å². The number of aliphatic hydroxyl groups is 2. The summed E-state index contributed by atoms with van der Waals surface area (Å²) in [6, 6.07) is 6.35. The van der Waals surface area contributed by atoms with Crippen molar-refractivity contribution in [3.63, 3.8) is 0 Å². The summed E-state index contributed by atoms with van der Waals surface area (Å²) >= 11 is 18.2. The van der Waals surface area contributed by atoms with Crippen molar-refractivity contribution in [3.8, 4) is 0 Å². The molecule has 0 aliphatic carbocycles. The van der Waals surface area contributed by atoms with Crippen molar-refractivity contribution in [1.29, 1.82) is 1.34 Å². The smallest absolute Gasteiger partial charge is 0 e.